The van der Waals surface area contributed by atoms with E-state index >= 15 is 0 Å². The van der Waals surface area contributed by atoms with Gasteiger partial charge in [-0.25, -0.2) is 0 Å². The number of allylic oxidation sites excluding steroid dienone is 1. The fourth-order valence-corrected chi connectivity index (χ4v) is 10.3. The Morgan fingerprint density at radius 2 is 2.00 bits per heavy atom. The summed E-state index contributed by atoms with van der Waals surface area (Å²) in [5.74, 6) is 4.74. The number of methoxy groups -OCH3 is 1. The number of carbonyl (C=O) groups is 1. The van der Waals surface area contributed by atoms with Gasteiger partial charge in [-0.15, -0.1) is 0 Å². The van der Waals surface area contributed by atoms with E-state index in [2.05, 4.69) is 37.9 Å². The highest BCUT2D eigenvalue weighted by molar-refractivity contribution is 5.83. The van der Waals surface area contributed by atoms with Crippen molar-refractivity contribution in [3.05, 3.63) is 28.8 Å². The summed E-state index contributed by atoms with van der Waals surface area (Å²) in [6.07, 6.45) is 12.4. The van der Waals surface area contributed by atoms with E-state index in [9.17, 15) is 9.90 Å². The molecule has 0 spiro atoms. The number of carbonyl (C=O) groups excluding carboxylic acids is 1. The van der Waals surface area contributed by atoms with Crippen LogP contribution in [0.4, 0.5) is 0 Å². The molecular weight excluding hydrogens is 490 g/mol. The van der Waals surface area contributed by atoms with Gasteiger partial charge in [0.05, 0.1) is 13.2 Å². The molecule has 0 radical (unpaired) electrons. The molecule has 0 amide bonds. The predicted octanol–water partition coefficient (Wildman–Crippen LogP) is 5.85. The van der Waals surface area contributed by atoms with Gasteiger partial charge in [0, 0.05) is 30.5 Å². The standard InChI is InChI=1S/C33H45NO5/c1-32-12-9-21(35)16-20(32)5-6-22-23-7-8-25(33(23,2)13-10-24(22)32)27(36)17-26-29-19(11-14-34(26)3)15-28-30(31(29)37-4)39-18-38-28/h5,15,21-26,35H,6-14,16-18H2,1-4H3. The lowest BCUT2D eigenvalue weighted by Gasteiger charge is -2.58. The van der Waals surface area contributed by atoms with E-state index in [1.165, 1.54) is 24.0 Å². The minimum absolute atomic E-state index is 0.00237. The highest BCUT2D eigenvalue weighted by Crippen LogP contribution is 2.66. The number of fused-ring (bicyclic) bond motifs is 7. The molecule has 8 atom stereocenters. The summed E-state index contributed by atoms with van der Waals surface area (Å²) in [5.41, 5.74) is 4.18. The topological polar surface area (TPSA) is 68.2 Å². The van der Waals surface area contributed by atoms with E-state index in [-0.39, 0.29) is 35.7 Å². The highest BCUT2D eigenvalue weighted by atomic mass is 16.7. The molecule has 1 N–H and O–H groups in total. The van der Waals surface area contributed by atoms with Crippen LogP contribution in [0.2, 0.25) is 0 Å². The van der Waals surface area contributed by atoms with Crippen molar-refractivity contribution in [1.82, 2.24) is 4.90 Å². The summed E-state index contributed by atoms with van der Waals surface area (Å²) in [4.78, 5) is 16.6. The van der Waals surface area contributed by atoms with Crippen LogP contribution in [0.1, 0.15) is 88.8 Å². The Labute approximate surface area is 233 Å². The van der Waals surface area contributed by atoms with Crippen molar-refractivity contribution >= 4 is 5.78 Å². The van der Waals surface area contributed by atoms with Crippen molar-refractivity contribution in [2.24, 2.45) is 34.5 Å². The minimum Gasteiger partial charge on any atom is -0.492 e. The highest BCUT2D eigenvalue weighted by Gasteiger charge is 2.60. The Bertz CT molecular complexity index is 1210. The molecular formula is C33H45NO5. The molecule has 6 aliphatic rings. The number of hydrogen-bond acceptors (Lipinski definition) is 6. The van der Waals surface area contributed by atoms with Crippen molar-refractivity contribution in [3.8, 4) is 17.2 Å². The van der Waals surface area contributed by atoms with Crippen LogP contribution in [0.15, 0.2) is 17.7 Å². The molecule has 212 valence electrons. The zero-order valence-corrected chi connectivity index (χ0v) is 24.1. The fourth-order valence-electron chi connectivity index (χ4n) is 10.3. The summed E-state index contributed by atoms with van der Waals surface area (Å²) in [6.45, 7) is 6.07. The number of aliphatic hydroxyl groups is 1. The van der Waals surface area contributed by atoms with Crippen molar-refractivity contribution in [3.63, 3.8) is 0 Å². The van der Waals surface area contributed by atoms with Gasteiger partial charge >= 0.3 is 0 Å². The van der Waals surface area contributed by atoms with Gasteiger partial charge in [-0.2, -0.15) is 0 Å². The lowest BCUT2D eigenvalue weighted by molar-refractivity contribution is -0.131. The molecule has 2 heterocycles. The van der Waals surface area contributed by atoms with E-state index in [1.54, 1.807) is 7.11 Å². The molecule has 7 rings (SSSR count). The zero-order chi connectivity index (χ0) is 27.1. The molecule has 3 saturated carbocycles. The molecule has 6 heteroatoms. The SMILES string of the molecule is COc1c2c(cc3c1C(CC(=O)C1CCC4C5CC=C6CC(O)CCC6(C)C5CCC14C)N(C)CC3)OCO2. The number of likely N-dealkylation sites (N-methyl/N-ethyl adjacent to an activating group) is 1. The third-order valence-electron chi connectivity index (χ3n) is 12.4. The fraction of sp³-hybridized carbons (Fsp3) is 0.727. The summed E-state index contributed by atoms with van der Waals surface area (Å²) in [6, 6.07) is 2.10. The van der Waals surface area contributed by atoms with Crippen molar-refractivity contribution in [1.29, 1.82) is 0 Å². The zero-order valence-electron chi connectivity index (χ0n) is 24.1. The Kier molecular flexibility index (Phi) is 6.13. The number of benzene rings is 1. The van der Waals surface area contributed by atoms with Gasteiger partial charge in [0.2, 0.25) is 12.5 Å². The van der Waals surface area contributed by atoms with Gasteiger partial charge < -0.3 is 19.3 Å². The normalized spacial score (nSPS) is 40.7. The number of ketones is 1. The van der Waals surface area contributed by atoms with Gasteiger partial charge in [0.25, 0.3) is 0 Å². The Morgan fingerprint density at radius 1 is 1.15 bits per heavy atom. The molecule has 1 aromatic rings. The molecule has 1 aromatic carbocycles. The number of aliphatic hydroxyl groups excluding tert-OH is 1. The van der Waals surface area contributed by atoms with Crippen LogP contribution < -0.4 is 14.2 Å². The van der Waals surface area contributed by atoms with E-state index < -0.39 is 0 Å². The Morgan fingerprint density at radius 3 is 2.82 bits per heavy atom. The molecule has 39 heavy (non-hydrogen) atoms. The maximum atomic E-state index is 14.3. The Hall–Kier alpha value is -2.05. The van der Waals surface area contributed by atoms with Crippen LogP contribution in [0.25, 0.3) is 0 Å². The van der Waals surface area contributed by atoms with E-state index in [4.69, 9.17) is 14.2 Å². The summed E-state index contributed by atoms with van der Waals surface area (Å²) >= 11 is 0. The molecule has 6 nitrogen and oxygen atoms in total. The second-order valence-electron chi connectivity index (χ2n) is 14.0. The number of hydrogen-bond donors (Lipinski definition) is 1. The van der Waals surface area contributed by atoms with Gasteiger partial charge in [-0.05, 0) is 105 Å². The quantitative estimate of drug-likeness (QED) is 0.488. The van der Waals surface area contributed by atoms with Gasteiger partial charge in [0.15, 0.2) is 11.5 Å². The number of Topliss-reactive ketones (excluding diaryl/α,β-unsaturated/α-hetero) is 1. The summed E-state index contributed by atoms with van der Waals surface area (Å²) in [5, 5.41) is 10.3. The van der Waals surface area contributed by atoms with E-state index in [0.29, 0.717) is 35.7 Å². The van der Waals surface area contributed by atoms with Crippen LogP contribution >= 0.6 is 0 Å². The van der Waals surface area contributed by atoms with E-state index in [0.717, 1.165) is 68.6 Å². The molecule has 3 fully saturated rings. The van der Waals surface area contributed by atoms with Crippen LogP contribution in [0.3, 0.4) is 0 Å². The van der Waals surface area contributed by atoms with Crippen LogP contribution in [0.5, 0.6) is 17.2 Å². The first-order chi connectivity index (χ1) is 18.7. The molecule has 8 unspecified atom stereocenters. The van der Waals surface area contributed by atoms with Gasteiger partial charge in [-0.1, -0.05) is 25.5 Å². The maximum absolute atomic E-state index is 14.3. The van der Waals surface area contributed by atoms with Crippen molar-refractivity contribution in [2.45, 2.75) is 90.2 Å². The first-order valence-electron chi connectivity index (χ1n) is 15.3. The molecule has 0 saturated heterocycles. The molecule has 2 aliphatic heterocycles. The maximum Gasteiger partial charge on any atom is 0.231 e. The smallest absolute Gasteiger partial charge is 0.231 e. The molecule has 0 aromatic heterocycles. The summed E-state index contributed by atoms with van der Waals surface area (Å²) in [7, 11) is 3.84. The van der Waals surface area contributed by atoms with Crippen molar-refractivity contribution < 1.29 is 24.1 Å². The third-order valence-corrected chi connectivity index (χ3v) is 12.4. The van der Waals surface area contributed by atoms with Crippen molar-refractivity contribution in [2.75, 3.05) is 27.5 Å². The average Bonchev–Trinajstić information content (AvgIpc) is 3.53. The first kappa shape index (κ1) is 25.9. The van der Waals surface area contributed by atoms with E-state index in [1.807, 2.05) is 0 Å². The second kappa shape index (κ2) is 9.24. The average molecular weight is 536 g/mol. The number of nitrogens with zero attached hydrogens (tertiary/aromatic N) is 1. The molecule has 0 bridgehead atoms. The Balaban J connectivity index is 1.15. The predicted molar refractivity (Wildman–Crippen MR) is 149 cm³/mol. The lowest BCUT2D eigenvalue weighted by Crippen LogP contribution is -2.51. The minimum atomic E-state index is -0.162. The second-order valence-corrected chi connectivity index (χ2v) is 14.0. The van der Waals surface area contributed by atoms with Gasteiger partial charge in [0.1, 0.15) is 5.78 Å². The first-order valence-corrected chi connectivity index (χ1v) is 15.3. The monoisotopic (exact) mass is 535 g/mol. The van der Waals surface area contributed by atoms with Gasteiger partial charge in [-0.3, -0.25) is 9.69 Å². The largest absolute Gasteiger partial charge is 0.492 e. The summed E-state index contributed by atoms with van der Waals surface area (Å²) < 4.78 is 17.4. The number of rotatable bonds is 4. The number of ether oxygens (including phenoxy) is 3. The van der Waals surface area contributed by atoms with Crippen LogP contribution in [-0.2, 0) is 11.2 Å². The molecule has 4 aliphatic carbocycles. The lowest BCUT2D eigenvalue weighted by atomic mass is 9.47. The van der Waals surface area contributed by atoms with Crippen LogP contribution in [0, 0.1) is 34.5 Å². The van der Waals surface area contributed by atoms with Crippen LogP contribution in [-0.4, -0.2) is 49.4 Å². The third kappa shape index (κ3) is 3.76.